The summed E-state index contributed by atoms with van der Waals surface area (Å²) in [5.74, 6) is 0.0939. The standard InChI is InChI=1S/C14H25N3O/c1-3-5-9-16-14(18)12-17-10-6-7-13(17)11-15-8-4-2/h6-7,10,15H,3-5,8-9,11-12H2,1-2H3,(H,16,18). The van der Waals surface area contributed by atoms with E-state index in [4.69, 9.17) is 0 Å². The summed E-state index contributed by atoms with van der Waals surface area (Å²) in [7, 11) is 0. The fourth-order valence-electron chi connectivity index (χ4n) is 1.77. The molecule has 4 heteroatoms. The number of hydrogen-bond acceptors (Lipinski definition) is 2. The van der Waals surface area contributed by atoms with Crippen LogP contribution in [0.3, 0.4) is 0 Å². The van der Waals surface area contributed by atoms with Gasteiger partial charge in [-0.3, -0.25) is 4.79 Å². The average molecular weight is 251 g/mol. The van der Waals surface area contributed by atoms with Crippen molar-refractivity contribution in [1.82, 2.24) is 15.2 Å². The van der Waals surface area contributed by atoms with Crippen LogP contribution in [0.4, 0.5) is 0 Å². The topological polar surface area (TPSA) is 46.1 Å². The zero-order valence-corrected chi connectivity index (χ0v) is 11.5. The number of amides is 1. The summed E-state index contributed by atoms with van der Waals surface area (Å²) in [5.41, 5.74) is 1.16. The number of aromatic nitrogens is 1. The molecule has 0 aliphatic rings. The van der Waals surface area contributed by atoms with Crippen molar-refractivity contribution in [3.63, 3.8) is 0 Å². The van der Waals surface area contributed by atoms with E-state index >= 15 is 0 Å². The van der Waals surface area contributed by atoms with Crippen LogP contribution in [0.5, 0.6) is 0 Å². The highest BCUT2D eigenvalue weighted by molar-refractivity contribution is 5.75. The van der Waals surface area contributed by atoms with Gasteiger partial charge in [0.15, 0.2) is 0 Å². The summed E-state index contributed by atoms with van der Waals surface area (Å²) >= 11 is 0. The second-order valence-corrected chi connectivity index (χ2v) is 4.51. The second-order valence-electron chi connectivity index (χ2n) is 4.51. The summed E-state index contributed by atoms with van der Waals surface area (Å²) in [4.78, 5) is 11.7. The number of nitrogens with zero attached hydrogens (tertiary/aromatic N) is 1. The van der Waals surface area contributed by atoms with E-state index in [0.717, 1.165) is 44.6 Å². The zero-order chi connectivity index (χ0) is 13.2. The van der Waals surface area contributed by atoms with E-state index in [2.05, 4.69) is 30.5 Å². The molecule has 0 saturated heterocycles. The van der Waals surface area contributed by atoms with Gasteiger partial charge in [-0.25, -0.2) is 0 Å². The molecule has 102 valence electrons. The van der Waals surface area contributed by atoms with Gasteiger partial charge >= 0.3 is 0 Å². The molecule has 0 fully saturated rings. The lowest BCUT2D eigenvalue weighted by molar-refractivity contribution is -0.121. The Kier molecular flexibility index (Phi) is 7.18. The lowest BCUT2D eigenvalue weighted by Crippen LogP contribution is -2.29. The van der Waals surface area contributed by atoms with Gasteiger partial charge in [-0.1, -0.05) is 20.3 Å². The van der Waals surface area contributed by atoms with Gasteiger partial charge in [-0.2, -0.15) is 0 Å². The summed E-state index contributed by atoms with van der Waals surface area (Å²) in [6.45, 7) is 7.29. The van der Waals surface area contributed by atoms with E-state index < -0.39 is 0 Å². The van der Waals surface area contributed by atoms with Crippen LogP contribution < -0.4 is 10.6 Å². The minimum absolute atomic E-state index is 0.0939. The molecular weight excluding hydrogens is 226 g/mol. The molecule has 0 bridgehead atoms. The second kappa shape index (κ2) is 8.75. The average Bonchev–Trinajstić information content (AvgIpc) is 2.77. The normalized spacial score (nSPS) is 10.6. The van der Waals surface area contributed by atoms with Gasteiger partial charge in [0.05, 0.1) is 0 Å². The van der Waals surface area contributed by atoms with Crippen LogP contribution >= 0.6 is 0 Å². The van der Waals surface area contributed by atoms with Gasteiger partial charge in [0, 0.05) is 25.0 Å². The number of unbranched alkanes of at least 4 members (excludes halogenated alkanes) is 1. The SMILES string of the molecule is CCCCNC(=O)Cn1cccc1CNCCC. The van der Waals surface area contributed by atoms with Crippen molar-refractivity contribution in [3.05, 3.63) is 24.0 Å². The summed E-state index contributed by atoms with van der Waals surface area (Å²) in [5, 5.41) is 6.29. The largest absolute Gasteiger partial charge is 0.355 e. The Labute approximate surface area is 110 Å². The smallest absolute Gasteiger partial charge is 0.239 e. The number of carbonyl (C=O) groups excluding carboxylic acids is 1. The molecule has 0 saturated carbocycles. The number of nitrogens with one attached hydrogen (secondary N) is 2. The van der Waals surface area contributed by atoms with E-state index in [-0.39, 0.29) is 5.91 Å². The predicted molar refractivity (Wildman–Crippen MR) is 74.3 cm³/mol. The monoisotopic (exact) mass is 251 g/mol. The van der Waals surface area contributed by atoms with Crippen LogP contribution in [-0.4, -0.2) is 23.6 Å². The summed E-state index contributed by atoms with van der Waals surface area (Å²) in [6, 6.07) is 4.05. The number of carbonyl (C=O) groups is 1. The Morgan fingerprint density at radius 1 is 1.28 bits per heavy atom. The zero-order valence-electron chi connectivity index (χ0n) is 11.5. The molecule has 0 aromatic carbocycles. The third kappa shape index (κ3) is 5.36. The van der Waals surface area contributed by atoms with Gasteiger partial charge in [0.2, 0.25) is 5.91 Å². The first-order valence-electron chi connectivity index (χ1n) is 6.89. The maximum absolute atomic E-state index is 11.7. The maximum atomic E-state index is 11.7. The van der Waals surface area contributed by atoms with E-state index in [9.17, 15) is 4.79 Å². The quantitative estimate of drug-likeness (QED) is 0.659. The highest BCUT2D eigenvalue weighted by Crippen LogP contribution is 2.02. The van der Waals surface area contributed by atoms with Crippen molar-refractivity contribution in [2.75, 3.05) is 13.1 Å². The summed E-state index contributed by atoms with van der Waals surface area (Å²) < 4.78 is 2.00. The van der Waals surface area contributed by atoms with Crippen LogP contribution in [-0.2, 0) is 17.9 Å². The maximum Gasteiger partial charge on any atom is 0.239 e. The Balaban J connectivity index is 2.36. The minimum Gasteiger partial charge on any atom is -0.355 e. The van der Waals surface area contributed by atoms with Crippen LogP contribution in [0, 0.1) is 0 Å². The molecule has 0 aliphatic heterocycles. The predicted octanol–water partition coefficient (Wildman–Crippen LogP) is 1.90. The van der Waals surface area contributed by atoms with Crippen molar-refractivity contribution in [3.8, 4) is 0 Å². The first-order chi connectivity index (χ1) is 8.77. The molecule has 1 aromatic rings. The van der Waals surface area contributed by atoms with Gasteiger partial charge < -0.3 is 15.2 Å². The van der Waals surface area contributed by atoms with Crippen molar-refractivity contribution < 1.29 is 4.79 Å². The van der Waals surface area contributed by atoms with Gasteiger partial charge in [-0.05, 0) is 31.5 Å². The minimum atomic E-state index is 0.0939. The highest BCUT2D eigenvalue weighted by Gasteiger charge is 2.05. The molecule has 18 heavy (non-hydrogen) atoms. The van der Waals surface area contributed by atoms with E-state index in [0.29, 0.717) is 6.54 Å². The highest BCUT2D eigenvalue weighted by atomic mass is 16.1. The van der Waals surface area contributed by atoms with Crippen molar-refractivity contribution in [2.24, 2.45) is 0 Å². The Morgan fingerprint density at radius 3 is 2.83 bits per heavy atom. The third-order valence-electron chi connectivity index (χ3n) is 2.82. The third-order valence-corrected chi connectivity index (χ3v) is 2.82. The molecule has 1 aromatic heterocycles. The Hall–Kier alpha value is -1.29. The van der Waals surface area contributed by atoms with Crippen LogP contribution in [0.15, 0.2) is 18.3 Å². The molecule has 0 unspecified atom stereocenters. The molecule has 0 radical (unpaired) electrons. The Bertz CT molecular complexity index is 347. The van der Waals surface area contributed by atoms with Gasteiger partial charge in [0.1, 0.15) is 6.54 Å². The number of rotatable bonds is 9. The van der Waals surface area contributed by atoms with E-state index in [1.165, 1.54) is 0 Å². The van der Waals surface area contributed by atoms with Gasteiger partial charge in [-0.15, -0.1) is 0 Å². The van der Waals surface area contributed by atoms with Crippen LogP contribution in [0.1, 0.15) is 38.8 Å². The molecule has 0 spiro atoms. The summed E-state index contributed by atoms with van der Waals surface area (Å²) in [6.07, 6.45) is 5.24. The molecule has 1 heterocycles. The van der Waals surface area contributed by atoms with Crippen molar-refractivity contribution in [2.45, 2.75) is 46.2 Å². The van der Waals surface area contributed by atoms with Crippen LogP contribution in [0.2, 0.25) is 0 Å². The van der Waals surface area contributed by atoms with E-state index in [1.807, 2.05) is 16.8 Å². The fourth-order valence-corrected chi connectivity index (χ4v) is 1.77. The lowest BCUT2D eigenvalue weighted by Gasteiger charge is -2.10. The molecular formula is C14H25N3O. The first-order valence-corrected chi connectivity index (χ1v) is 6.89. The van der Waals surface area contributed by atoms with Crippen LogP contribution in [0.25, 0.3) is 0 Å². The van der Waals surface area contributed by atoms with Crippen molar-refractivity contribution >= 4 is 5.91 Å². The number of hydrogen-bond donors (Lipinski definition) is 2. The first kappa shape index (κ1) is 14.8. The molecule has 0 atom stereocenters. The van der Waals surface area contributed by atoms with Crippen molar-refractivity contribution in [1.29, 1.82) is 0 Å². The van der Waals surface area contributed by atoms with E-state index in [1.54, 1.807) is 0 Å². The molecule has 1 amide bonds. The molecule has 2 N–H and O–H groups in total. The lowest BCUT2D eigenvalue weighted by atomic mass is 10.3. The van der Waals surface area contributed by atoms with Gasteiger partial charge in [0.25, 0.3) is 0 Å². The molecule has 4 nitrogen and oxygen atoms in total. The Morgan fingerprint density at radius 2 is 2.11 bits per heavy atom. The molecule has 0 aliphatic carbocycles. The fraction of sp³-hybridized carbons (Fsp3) is 0.643. The molecule has 1 rings (SSSR count).